The first kappa shape index (κ1) is 14.4. The Morgan fingerprint density at radius 2 is 2.00 bits per heavy atom. The van der Waals surface area contributed by atoms with Gasteiger partial charge in [-0.05, 0) is 64.7 Å². The Morgan fingerprint density at radius 1 is 1.21 bits per heavy atom. The van der Waals surface area contributed by atoms with E-state index in [-0.39, 0.29) is 6.04 Å². The summed E-state index contributed by atoms with van der Waals surface area (Å²) in [7, 11) is 0. The molecule has 0 saturated heterocycles. The highest BCUT2D eigenvalue weighted by molar-refractivity contribution is 9.10. The third-order valence-electron chi connectivity index (χ3n) is 3.11. The zero-order valence-corrected chi connectivity index (χ0v) is 13.4. The molecule has 19 heavy (non-hydrogen) atoms. The summed E-state index contributed by atoms with van der Waals surface area (Å²) < 4.78 is 1.08. The van der Waals surface area contributed by atoms with Crippen molar-refractivity contribution in [2.24, 2.45) is 0 Å². The molecule has 0 amide bonds. The quantitative estimate of drug-likeness (QED) is 0.723. The minimum atomic E-state index is 0.261. The molecule has 100 valence electrons. The molecule has 2 aromatic carbocycles. The summed E-state index contributed by atoms with van der Waals surface area (Å²) in [4.78, 5) is 0. The van der Waals surface area contributed by atoms with E-state index in [1.54, 1.807) is 0 Å². The molecule has 1 unspecified atom stereocenters. The molecule has 0 bridgehead atoms. The number of aryl methyl sites for hydroxylation is 1. The van der Waals surface area contributed by atoms with Crippen LogP contribution < -0.4 is 5.32 Å². The summed E-state index contributed by atoms with van der Waals surface area (Å²) in [6, 6.07) is 14.6. The average Bonchev–Trinajstić information content (AvgIpc) is 2.39. The maximum atomic E-state index is 6.07. The van der Waals surface area contributed by atoms with E-state index in [0.717, 1.165) is 21.6 Å². The van der Waals surface area contributed by atoms with Crippen molar-refractivity contribution < 1.29 is 0 Å². The zero-order valence-electron chi connectivity index (χ0n) is 11.1. The minimum Gasteiger partial charge on any atom is -0.377 e. The van der Waals surface area contributed by atoms with Crippen LogP contribution in [0.3, 0.4) is 0 Å². The first-order valence-electron chi connectivity index (χ1n) is 6.38. The number of halogens is 2. The topological polar surface area (TPSA) is 12.0 Å². The van der Waals surface area contributed by atoms with Crippen LogP contribution in [0.15, 0.2) is 46.9 Å². The monoisotopic (exact) mass is 337 g/mol. The Labute approximate surface area is 128 Å². The van der Waals surface area contributed by atoms with Crippen LogP contribution >= 0.6 is 27.5 Å². The van der Waals surface area contributed by atoms with Gasteiger partial charge in [0.05, 0.1) is 6.04 Å². The van der Waals surface area contributed by atoms with E-state index in [1.165, 1.54) is 11.1 Å². The predicted octanol–water partition coefficient (Wildman–Crippen LogP) is 5.97. The predicted molar refractivity (Wildman–Crippen MR) is 87.0 cm³/mol. The molecule has 1 N–H and O–H groups in total. The molecule has 2 aromatic rings. The fourth-order valence-corrected chi connectivity index (χ4v) is 2.64. The van der Waals surface area contributed by atoms with Crippen LogP contribution in [0.25, 0.3) is 0 Å². The molecule has 0 aliphatic carbocycles. The lowest BCUT2D eigenvalue weighted by Crippen LogP contribution is -2.10. The molecule has 0 radical (unpaired) electrons. The fourth-order valence-electron chi connectivity index (χ4n) is 2.08. The number of benzene rings is 2. The van der Waals surface area contributed by atoms with Crippen molar-refractivity contribution >= 4 is 33.2 Å². The molecule has 0 aliphatic heterocycles. The van der Waals surface area contributed by atoms with Gasteiger partial charge in [-0.15, -0.1) is 0 Å². The maximum Gasteiger partial charge on any atom is 0.0512 e. The van der Waals surface area contributed by atoms with Crippen LogP contribution in [0.4, 0.5) is 5.69 Å². The molecular formula is C16H17BrClN. The number of rotatable bonds is 4. The van der Waals surface area contributed by atoms with E-state index >= 15 is 0 Å². The lowest BCUT2D eigenvalue weighted by molar-refractivity contribution is 0.749. The molecule has 0 fully saturated rings. The number of hydrogen-bond donors (Lipinski definition) is 1. The molecule has 0 aliphatic rings. The van der Waals surface area contributed by atoms with Gasteiger partial charge >= 0.3 is 0 Å². The maximum absolute atomic E-state index is 6.07. The van der Waals surface area contributed by atoms with Gasteiger partial charge in [0.15, 0.2) is 0 Å². The Balaban J connectivity index is 2.26. The highest BCUT2D eigenvalue weighted by atomic mass is 79.9. The lowest BCUT2D eigenvalue weighted by atomic mass is 10.0. The van der Waals surface area contributed by atoms with Crippen LogP contribution in [-0.2, 0) is 0 Å². The first-order valence-corrected chi connectivity index (χ1v) is 7.55. The van der Waals surface area contributed by atoms with Gasteiger partial charge in [0.1, 0.15) is 0 Å². The third kappa shape index (κ3) is 3.74. The van der Waals surface area contributed by atoms with Crippen LogP contribution in [-0.4, -0.2) is 0 Å². The number of anilines is 1. The molecular weight excluding hydrogens is 322 g/mol. The number of hydrogen-bond acceptors (Lipinski definition) is 1. The van der Waals surface area contributed by atoms with Gasteiger partial charge in [0.25, 0.3) is 0 Å². The van der Waals surface area contributed by atoms with Gasteiger partial charge in [0.2, 0.25) is 0 Å². The van der Waals surface area contributed by atoms with E-state index in [1.807, 2.05) is 18.2 Å². The Kier molecular flexibility index (Phi) is 4.89. The number of nitrogens with one attached hydrogen (secondary N) is 1. The first-order chi connectivity index (χ1) is 9.10. The highest BCUT2D eigenvalue weighted by Crippen LogP contribution is 2.29. The van der Waals surface area contributed by atoms with Gasteiger partial charge in [-0.25, -0.2) is 0 Å². The Hall–Kier alpha value is -0.990. The fraction of sp³-hybridized carbons (Fsp3) is 0.250. The van der Waals surface area contributed by atoms with Crippen molar-refractivity contribution in [1.82, 2.24) is 0 Å². The van der Waals surface area contributed by atoms with Crippen LogP contribution in [0.2, 0.25) is 5.02 Å². The van der Waals surface area contributed by atoms with Crippen molar-refractivity contribution in [2.75, 3.05) is 5.32 Å². The van der Waals surface area contributed by atoms with E-state index in [2.05, 4.69) is 59.4 Å². The zero-order chi connectivity index (χ0) is 13.8. The summed E-state index contributed by atoms with van der Waals surface area (Å²) >= 11 is 9.65. The van der Waals surface area contributed by atoms with E-state index in [4.69, 9.17) is 11.6 Å². The van der Waals surface area contributed by atoms with Gasteiger partial charge in [-0.3, -0.25) is 0 Å². The van der Waals surface area contributed by atoms with E-state index < -0.39 is 0 Å². The molecule has 0 saturated carbocycles. The lowest BCUT2D eigenvalue weighted by Gasteiger charge is -2.20. The molecule has 0 heterocycles. The highest BCUT2D eigenvalue weighted by Gasteiger charge is 2.11. The van der Waals surface area contributed by atoms with Crippen molar-refractivity contribution in [1.29, 1.82) is 0 Å². The molecule has 0 spiro atoms. The van der Waals surface area contributed by atoms with Gasteiger partial charge in [-0.2, -0.15) is 0 Å². The van der Waals surface area contributed by atoms with Gasteiger partial charge in [-0.1, -0.05) is 36.7 Å². The molecule has 3 heteroatoms. The van der Waals surface area contributed by atoms with Gasteiger partial charge in [0, 0.05) is 15.2 Å². The van der Waals surface area contributed by atoms with Crippen molar-refractivity contribution in [3.8, 4) is 0 Å². The smallest absolute Gasteiger partial charge is 0.0512 e. The van der Waals surface area contributed by atoms with Crippen LogP contribution in [0, 0.1) is 6.92 Å². The molecule has 1 nitrogen and oxygen atoms in total. The van der Waals surface area contributed by atoms with Gasteiger partial charge < -0.3 is 5.32 Å². The van der Waals surface area contributed by atoms with Crippen LogP contribution in [0.1, 0.15) is 30.5 Å². The second kappa shape index (κ2) is 6.44. The summed E-state index contributed by atoms with van der Waals surface area (Å²) in [5.41, 5.74) is 3.57. The Bertz CT molecular complexity index is 568. The molecule has 2 rings (SSSR count). The van der Waals surface area contributed by atoms with Crippen molar-refractivity contribution in [2.45, 2.75) is 26.3 Å². The minimum absolute atomic E-state index is 0.261. The molecule has 0 aromatic heterocycles. The summed E-state index contributed by atoms with van der Waals surface area (Å²) in [6.07, 6.45) is 1.00. The normalized spacial score (nSPS) is 12.2. The van der Waals surface area contributed by atoms with Crippen LogP contribution in [0.5, 0.6) is 0 Å². The van der Waals surface area contributed by atoms with E-state index in [9.17, 15) is 0 Å². The SMILES string of the molecule is CCC(Nc1cc(C)ccc1Br)c1cccc(Cl)c1. The third-order valence-corrected chi connectivity index (χ3v) is 4.04. The largest absolute Gasteiger partial charge is 0.377 e. The summed E-state index contributed by atoms with van der Waals surface area (Å²) in [6.45, 7) is 4.26. The second-order valence-corrected chi connectivity index (χ2v) is 5.93. The standard InChI is InChI=1S/C16H17BrClN/c1-3-15(12-5-4-6-13(18)10-12)19-16-9-11(2)7-8-14(16)17/h4-10,15,19H,3H2,1-2H3. The second-order valence-electron chi connectivity index (χ2n) is 4.64. The molecule has 1 atom stereocenters. The average molecular weight is 339 g/mol. The summed E-state index contributed by atoms with van der Waals surface area (Å²) in [5, 5.41) is 4.35. The van der Waals surface area contributed by atoms with Crippen molar-refractivity contribution in [3.63, 3.8) is 0 Å². The van der Waals surface area contributed by atoms with E-state index in [0.29, 0.717) is 0 Å². The Morgan fingerprint density at radius 3 is 2.68 bits per heavy atom. The summed E-state index contributed by atoms with van der Waals surface area (Å²) in [5.74, 6) is 0. The van der Waals surface area contributed by atoms with Crippen molar-refractivity contribution in [3.05, 3.63) is 63.1 Å².